The van der Waals surface area contributed by atoms with Crippen LogP contribution in [0.2, 0.25) is 0 Å². The van der Waals surface area contributed by atoms with Gasteiger partial charge in [0.15, 0.2) is 0 Å². The third-order valence-corrected chi connectivity index (χ3v) is 5.89. The highest BCUT2D eigenvalue weighted by Crippen LogP contribution is 2.29. The van der Waals surface area contributed by atoms with Gasteiger partial charge < -0.3 is 14.6 Å². The number of carbonyl (C=O) groups is 1. The lowest BCUT2D eigenvalue weighted by Crippen LogP contribution is -2.27. The molecule has 0 aliphatic rings. The van der Waals surface area contributed by atoms with Crippen LogP contribution < -0.4 is 15.6 Å². The van der Waals surface area contributed by atoms with E-state index < -0.39 is 6.04 Å². The van der Waals surface area contributed by atoms with Gasteiger partial charge in [-0.1, -0.05) is 25.1 Å². The zero-order chi connectivity index (χ0) is 23.5. The summed E-state index contributed by atoms with van der Waals surface area (Å²) in [5.41, 5.74) is 2.81. The van der Waals surface area contributed by atoms with Crippen molar-refractivity contribution in [1.29, 1.82) is 0 Å². The molecular formula is C26H28N4O3. The summed E-state index contributed by atoms with van der Waals surface area (Å²) in [7, 11) is 0. The number of carbonyl (C=O) groups excluding carboxylic acids is 1. The first-order valence-electron chi connectivity index (χ1n) is 11.1. The van der Waals surface area contributed by atoms with Crippen molar-refractivity contribution < 1.29 is 9.53 Å². The lowest BCUT2D eigenvalue weighted by atomic mass is 10.1. The molecule has 0 saturated heterocycles. The number of para-hydroxylation sites is 1. The Morgan fingerprint density at radius 2 is 1.73 bits per heavy atom. The van der Waals surface area contributed by atoms with E-state index in [-0.39, 0.29) is 11.5 Å². The molecule has 7 nitrogen and oxygen atoms in total. The molecule has 0 unspecified atom stereocenters. The van der Waals surface area contributed by atoms with Crippen molar-refractivity contribution in [3.8, 4) is 11.4 Å². The fourth-order valence-corrected chi connectivity index (χ4v) is 4.31. The van der Waals surface area contributed by atoms with E-state index in [1.54, 1.807) is 6.20 Å². The van der Waals surface area contributed by atoms with Crippen LogP contribution in [0, 0.1) is 13.8 Å². The van der Waals surface area contributed by atoms with E-state index >= 15 is 0 Å². The summed E-state index contributed by atoms with van der Waals surface area (Å²) in [6.45, 7) is 8.29. The van der Waals surface area contributed by atoms with Crippen LogP contribution >= 0.6 is 0 Å². The molecule has 0 saturated carbocycles. The first kappa shape index (κ1) is 22.3. The van der Waals surface area contributed by atoms with Crippen molar-refractivity contribution in [2.45, 2.75) is 40.2 Å². The number of hydrogen-bond acceptors (Lipinski definition) is 4. The maximum Gasteiger partial charge on any atom is 0.281 e. The van der Waals surface area contributed by atoms with Crippen LogP contribution in [-0.2, 0) is 4.79 Å². The quantitative estimate of drug-likeness (QED) is 0.444. The molecule has 1 amide bonds. The summed E-state index contributed by atoms with van der Waals surface area (Å²) in [6.07, 6.45) is 2.28. The highest BCUT2D eigenvalue weighted by Gasteiger charge is 2.25. The van der Waals surface area contributed by atoms with E-state index in [9.17, 15) is 9.59 Å². The second-order valence-electron chi connectivity index (χ2n) is 7.90. The van der Waals surface area contributed by atoms with Gasteiger partial charge in [-0.05, 0) is 63.6 Å². The second-order valence-corrected chi connectivity index (χ2v) is 7.90. The van der Waals surface area contributed by atoms with Gasteiger partial charge in [-0.3, -0.25) is 9.59 Å². The van der Waals surface area contributed by atoms with Gasteiger partial charge in [0.25, 0.3) is 5.56 Å². The molecule has 7 heteroatoms. The lowest BCUT2D eigenvalue weighted by Gasteiger charge is -2.21. The van der Waals surface area contributed by atoms with Crippen molar-refractivity contribution in [2.24, 2.45) is 0 Å². The zero-order valence-corrected chi connectivity index (χ0v) is 19.3. The molecule has 0 radical (unpaired) electrons. The minimum absolute atomic E-state index is 0.135. The molecule has 170 valence electrons. The molecule has 0 aliphatic carbocycles. The predicted octanol–water partition coefficient (Wildman–Crippen LogP) is 4.79. The maximum atomic E-state index is 13.3. The lowest BCUT2D eigenvalue weighted by molar-refractivity contribution is -0.119. The highest BCUT2D eigenvalue weighted by molar-refractivity contribution is 5.95. The van der Waals surface area contributed by atoms with Gasteiger partial charge in [-0.2, -0.15) is 9.78 Å². The molecule has 0 bridgehead atoms. The van der Waals surface area contributed by atoms with Gasteiger partial charge in [0.05, 0.1) is 23.9 Å². The normalized spacial score (nSPS) is 12.0. The third-order valence-electron chi connectivity index (χ3n) is 5.89. The molecule has 2 aromatic carbocycles. The fourth-order valence-electron chi connectivity index (χ4n) is 4.31. The van der Waals surface area contributed by atoms with E-state index in [4.69, 9.17) is 4.74 Å². The maximum absolute atomic E-state index is 13.3. The van der Waals surface area contributed by atoms with Crippen LogP contribution in [0.3, 0.4) is 0 Å². The number of aryl methyl sites for hydroxylation is 2. The number of nitrogens with one attached hydrogen (secondary N) is 1. The summed E-state index contributed by atoms with van der Waals surface area (Å²) in [4.78, 5) is 26.6. The molecule has 1 atom stereocenters. The summed E-state index contributed by atoms with van der Waals surface area (Å²) in [5, 5.41) is 8.73. The van der Waals surface area contributed by atoms with Gasteiger partial charge in [0.1, 0.15) is 11.8 Å². The average Bonchev–Trinajstić information content (AvgIpc) is 3.07. The number of rotatable bonds is 7. The number of benzene rings is 2. The second kappa shape index (κ2) is 9.32. The van der Waals surface area contributed by atoms with Crippen LogP contribution in [0.5, 0.6) is 5.75 Å². The summed E-state index contributed by atoms with van der Waals surface area (Å²) in [5.74, 6) is 0.623. The molecular weight excluding hydrogens is 416 g/mol. The number of hydrogen-bond donors (Lipinski definition) is 1. The van der Waals surface area contributed by atoms with Crippen LogP contribution in [0.1, 0.15) is 37.7 Å². The molecule has 1 N–H and O–H groups in total. The van der Waals surface area contributed by atoms with Crippen LogP contribution in [0.15, 0.2) is 65.6 Å². The van der Waals surface area contributed by atoms with E-state index in [1.165, 1.54) is 4.68 Å². The van der Waals surface area contributed by atoms with Crippen molar-refractivity contribution in [2.75, 3.05) is 11.9 Å². The molecule has 4 rings (SSSR count). The van der Waals surface area contributed by atoms with Crippen molar-refractivity contribution >= 4 is 22.4 Å². The number of aromatic nitrogens is 3. The smallest absolute Gasteiger partial charge is 0.281 e. The van der Waals surface area contributed by atoms with Crippen LogP contribution in [0.4, 0.5) is 5.69 Å². The Morgan fingerprint density at radius 3 is 2.36 bits per heavy atom. The van der Waals surface area contributed by atoms with Gasteiger partial charge >= 0.3 is 0 Å². The van der Waals surface area contributed by atoms with Gasteiger partial charge in [-0.25, -0.2) is 0 Å². The minimum atomic E-state index is -0.464. The Morgan fingerprint density at radius 1 is 1.03 bits per heavy atom. The molecule has 0 fully saturated rings. The molecule has 2 heterocycles. The Kier molecular flexibility index (Phi) is 6.31. The van der Waals surface area contributed by atoms with E-state index in [2.05, 4.69) is 10.4 Å². The summed E-state index contributed by atoms with van der Waals surface area (Å²) < 4.78 is 8.82. The Hall–Kier alpha value is -3.87. The van der Waals surface area contributed by atoms with E-state index in [0.717, 1.165) is 22.5 Å². The molecule has 33 heavy (non-hydrogen) atoms. The first-order chi connectivity index (χ1) is 16.0. The number of nitrogens with zero attached hydrogens (tertiary/aromatic N) is 3. The Labute approximate surface area is 192 Å². The molecule has 0 spiro atoms. The van der Waals surface area contributed by atoms with Crippen molar-refractivity contribution in [3.05, 3.63) is 82.5 Å². The van der Waals surface area contributed by atoms with Gasteiger partial charge in [0, 0.05) is 22.5 Å². The largest absolute Gasteiger partial charge is 0.494 e. The van der Waals surface area contributed by atoms with E-state index in [0.29, 0.717) is 29.8 Å². The van der Waals surface area contributed by atoms with Crippen LogP contribution in [0.25, 0.3) is 16.5 Å². The fraction of sp³-hybridized carbons (Fsp3) is 0.269. The average molecular weight is 445 g/mol. The van der Waals surface area contributed by atoms with Crippen molar-refractivity contribution in [1.82, 2.24) is 14.3 Å². The number of anilines is 1. The van der Waals surface area contributed by atoms with Gasteiger partial charge in [-0.15, -0.1) is 0 Å². The SMILES string of the molecule is CCOc1ccc(NC(=O)[C@@H](CC)n2c(C)c3cnn(-c4ccccc4)c(=O)c3c2C)cc1. The molecule has 4 aromatic rings. The Bertz CT molecular complexity index is 1340. The van der Waals surface area contributed by atoms with Crippen molar-refractivity contribution in [3.63, 3.8) is 0 Å². The number of ether oxygens (including phenoxy) is 1. The topological polar surface area (TPSA) is 78.2 Å². The predicted molar refractivity (Wildman–Crippen MR) is 130 cm³/mol. The number of fused-ring (bicyclic) bond motifs is 1. The van der Waals surface area contributed by atoms with Gasteiger partial charge in [0.2, 0.25) is 5.91 Å². The van der Waals surface area contributed by atoms with Crippen LogP contribution in [-0.4, -0.2) is 26.9 Å². The zero-order valence-electron chi connectivity index (χ0n) is 19.3. The van der Waals surface area contributed by atoms with E-state index in [1.807, 2.05) is 86.9 Å². The minimum Gasteiger partial charge on any atom is -0.494 e. The molecule has 0 aliphatic heterocycles. The standard InChI is InChI=1S/C26H28N4O3/c1-5-23(25(31)28-19-12-14-21(15-13-19)33-6-2)29-17(3)22-16-27-30(20-10-8-7-9-11-20)26(32)24(22)18(29)4/h7-16,23H,5-6H2,1-4H3,(H,28,31)/t23-/m1/s1. The highest BCUT2D eigenvalue weighted by atomic mass is 16.5. The summed E-state index contributed by atoms with van der Waals surface area (Å²) in [6, 6.07) is 16.2. The third kappa shape index (κ3) is 4.14. The Balaban J connectivity index is 1.72. The molecule has 2 aromatic heterocycles. The summed E-state index contributed by atoms with van der Waals surface area (Å²) >= 11 is 0. The monoisotopic (exact) mass is 444 g/mol. The number of amides is 1. The first-order valence-corrected chi connectivity index (χ1v) is 11.1.